The quantitative estimate of drug-likeness (QED) is 0.833. The predicted molar refractivity (Wildman–Crippen MR) is 79.1 cm³/mol. The molecule has 0 aliphatic rings. The Balaban J connectivity index is 2.26. The van der Waals surface area contributed by atoms with E-state index in [9.17, 15) is 0 Å². The number of hydrogen-bond acceptors (Lipinski definition) is 2. The number of hydrogen-bond donors (Lipinski definition) is 1. The van der Waals surface area contributed by atoms with Gasteiger partial charge in [-0.05, 0) is 32.4 Å². The summed E-state index contributed by atoms with van der Waals surface area (Å²) in [5, 5.41) is 4.83. The van der Waals surface area contributed by atoms with E-state index in [4.69, 9.17) is 0 Å². The zero-order valence-electron chi connectivity index (χ0n) is 11.5. The molecule has 0 radical (unpaired) electrons. The molecular weight excluding hydrogens is 220 g/mol. The summed E-state index contributed by atoms with van der Waals surface area (Å²) < 4.78 is 0. The highest BCUT2D eigenvalue weighted by atomic mass is 14.9. The summed E-state index contributed by atoms with van der Waals surface area (Å²) in [4.78, 5) is 4.57. The van der Waals surface area contributed by atoms with Gasteiger partial charge in [-0.2, -0.15) is 0 Å². The van der Waals surface area contributed by atoms with E-state index in [0.29, 0.717) is 6.04 Å². The van der Waals surface area contributed by atoms with E-state index in [0.717, 1.165) is 11.2 Å². The molecule has 0 fully saturated rings. The van der Waals surface area contributed by atoms with Crippen molar-refractivity contribution >= 4 is 16.6 Å². The number of aryl methyl sites for hydroxylation is 1. The van der Waals surface area contributed by atoms with Crippen LogP contribution in [0.5, 0.6) is 0 Å². The van der Waals surface area contributed by atoms with E-state index in [1.54, 1.807) is 0 Å². The molecule has 2 nitrogen and oxygen atoms in total. The van der Waals surface area contributed by atoms with Crippen LogP contribution in [-0.4, -0.2) is 11.0 Å². The number of nitrogens with one attached hydrogen (secondary N) is 1. The average molecular weight is 242 g/mol. The van der Waals surface area contributed by atoms with Crippen LogP contribution in [0.25, 0.3) is 10.9 Å². The molecule has 0 saturated carbocycles. The highest BCUT2D eigenvalue weighted by Crippen LogP contribution is 2.24. The molecule has 0 aliphatic carbocycles. The van der Waals surface area contributed by atoms with Crippen LogP contribution in [0.3, 0.4) is 0 Å². The first kappa shape index (κ1) is 12.9. The fraction of sp³-hybridized carbons (Fsp3) is 0.438. The Hall–Kier alpha value is -1.57. The maximum Gasteiger partial charge on any atom is 0.0725 e. The van der Waals surface area contributed by atoms with Gasteiger partial charge in [0.2, 0.25) is 0 Å². The average Bonchev–Trinajstić information content (AvgIpc) is 2.36. The number of pyridine rings is 1. The van der Waals surface area contributed by atoms with Gasteiger partial charge in [0.05, 0.1) is 5.52 Å². The molecule has 1 unspecified atom stereocenters. The lowest BCUT2D eigenvalue weighted by Gasteiger charge is -2.17. The third-order valence-corrected chi connectivity index (χ3v) is 3.24. The second-order valence-corrected chi connectivity index (χ2v) is 5.02. The van der Waals surface area contributed by atoms with Crippen molar-refractivity contribution in [1.29, 1.82) is 0 Å². The molecule has 0 bridgehead atoms. The summed E-state index contributed by atoms with van der Waals surface area (Å²) in [5.74, 6) is 0. The number of para-hydroxylation sites is 1. The van der Waals surface area contributed by atoms with Gasteiger partial charge in [0.1, 0.15) is 0 Å². The van der Waals surface area contributed by atoms with Gasteiger partial charge in [-0.1, -0.05) is 38.0 Å². The molecule has 18 heavy (non-hydrogen) atoms. The maximum absolute atomic E-state index is 4.57. The first-order valence-electron chi connectivity index (χ1n) is 6.83. The van der Waals surface area contributed by atoms with Gasteiger partial charge < -0.3 is 5.32 Å². The van der Waals surface area contributed by atoms with Gasteiger partial charge in [0.25, 0.3) is 0 Å². The lowest BCUT2D eigenvalue weighted by Crippen LogP contribution is -2.15. The summed E-state index contributed by atoms with van der Waals surface area (Å²) >= 11 is 0. The molecule has 0 aliphatic heterocycles. The van der Waals surface area contributed by atoms with E-state index in [-0.39, 0.29) is 0 Å². The van der Waals surface area contributed by atoms with Crippen LogP contribution in [0.2, 0.25) is 0 Å². The molecule has 1 atom stereocenters. The minimum atomic E-state index is 0.509. The number of rotatable bonds is 5. The molecular formula is C16H22N2. The first-order valence-corrected chi connectivity index (χ1v) is 6.83. The Bertz CT molecular complexity index is 519. The molecule has 0 spiro atoms. The van der Waals surface area contributed by atoms with E-state index in [1.165, 1.54) is 30.3 Å². The fourth-order valence-electron chi connectivity index (χ4n) is 2.28. The van der Waals surface area contributed by atoms with Crippen molar-refractivity contribution in [3.05, 3.63) is 36.0 Å². The van der Waals surface area contributed by atoms with Crippen LogP contribution in [0, 0.1) is 6.92 Å². The molecule has 96 valence electrons. The van der Waals surface area contributed by atoms with Crippen molar-refractivity contribution in [1.82, 2.24) is 4.98 Å². The van der Waals surface area contributed by atoms with Crippen molar-refractivity contribution in [2.24, 2.45) is 0 Å². The smallest absolute Gasteiger partial charge is 0.0725 e. The zero-order valence-corrected chi connectivity index (χ0v) is 11.5. The standard InChI is InChI=1S/C16H22N2/c1-4-5-8-12(2)17-16-11-13(3)18-15-10-7-6-9-14(15)16/h6-7,9-12H,4-5,8H2,1-3H3,(H,17,18). The van der Waals surface area contributed by atoms with Gasteiger partial charge >= 0.3 is 0 Å². The second-order valence-electron chi connectivity index (χ2n) is 5.02. The van der Waals surface area contributed by atoms with Crippen LogP contribution in [0.1, 0.15) is 38.8 Å². The van der Waals surface area contributed by atoms with Crippen LogP contribution in [0.4, 0.5) is 5.69 Å². The van der Waals surface area contributed by atoms with E-state index < -0.39 is 0 Å². The molecule has 1 N–H and O–H groups in total. The Morgan fingerprint density at radius 1 is 1.28 bits per heavy atom. The SMILES string of the molecule is CCCCC(C)Nc1cc(C)nc2ccccc12. The van der Waals surface area contributed by atoms with Crippen molar-refractivity contribution in [2.45, 2.75) is 46.1 Å². The third kappa shape index (κ3) is 3.00. The Morgan fingerprint density at radius 3 is 2.83 bits per heavy atom. The fourth-order valence-corrected chi connectivity index (χ4v) is 2.28. The maximum atomic E-state index is 4.57. The van der Waals surface area contributed by atoms with Crippen molar-refractivity contribution in [3.8, 4) is 0 Å². The number of aromatic nitrogens is 1. The van der Waals surface area contributed by atoms with E-state index in [1.807, 2.05) is 13.0 Å². The topological polar surface area (TPSA) is 24.9 Å². The summed E-state index contributed by atoms with van der Waals surface area (Å²) in [6.07, 6.45) is 3.74. The summed E-state index contributed by atoms with van der Waals surface area (Å²) in [7, 11) is 0. The number of nitrogens with zero attached hydrogens (tertiary/aromatic N) is 1. The Morgan fingerprint density at radius 2 is 2.06 bits per heavy atom. The molecule has 2 heteroatoms. The minimum absolute atomic E-state index is 0.509. The number of unbranched alkanes of at least 4 members (excludes halogenated alkanes) is 1. The van der Waals surface area contributed by atoms with Crippen molar-refractivity contribution in [3.63, 3.8) is 0 Å². The first-order chi connectivity index (χ1) is 8.70. The third-order valence-electron chi connectivity index (χ3n) is 3.24. The minimum Gasteiger partial charge on any atom is -0.382 e. The largest absolute Gasteiger partial charge is 0.382 e. The van der Waals surface area contributed by atoms with E-state index in [2.05, 4.69) is 48.4 Å². The number of anilines is 1. The summed E-state index contributed by atoms with van der Waals surface area (Å²) in [6.45, 7) is 6.53. The van der Waals surface area contributed by atoms with Crippen molar-refractivity contribution < 1.29 is 0 Å². The van der Waals surface area contributed by atoms with Crippen LogP contribution >= 0.6 is 0 Å². The second kappa shape index (κ2) is 5.85. The molecule has 0 saturated heterocycles. The molecule has 2 aromatic rings. The van der Waals surface area contributed by atoms with Crippen molar-refractivity contribution in [2.75, 3.05) is 5.32 Å². The van der Waals surface area contributed by atoms with Gasteiger partial charge in [-0.15, -0.1) is 0 Å². The number of fused-ring (bicyclic) bond motifs is 1. The van der Waals surface area contributed by atoms with E-state index >= 15 is 0 Å². The highest BCUT2D eigenvalue weighted by Gasteiger charge is 2.06. The molecule has 2 rings (SSSR count). The monoisotopic (exact) mass is 242 g/mol. The summed E-state index contributed by atoms with van der Waals surface area (Å²) in [6, 6.07) is 11.0. The Labute approximate surface area is 109 Å². The molecule has 1 aromatic heterocycles. The van der Waals surface area contributed by atoms with Gasteiger partial charge in [-0.25, -0.2) is 0 Å². The highest BCUT2D eigenvalue weighted by molar-refractivity contribution is 5.91. The zero-order chi connectivity index (χ0) is 13.0. The lowest BCUT2D eigenvalue weighted by atomic mass is 10.1. The van der Waals surface area contributed by atoms with Crippen LogP contribution < -0.4 is 5.32 Å². The number of benzene rings is 1. The van der Waals surface area contributed by atoms with Crippen LogP contribution in [-0.2, 0) is 0 Å². The van der Waals surface area contributed by atoms with Gasteiger partial charge in [-0.3, -0.25) is 4.98 Å². The summed E-state index contributed by atoms with van der Waals surface area (Å²) in [5.41, 5.74) is 3.35. The van der Waals surface area contributed by atoms with Gasteiger partial charge in [0.15, 0.2) is 0 Å². The lowest BCUT2D eigenvalue weighted by molar-refractivity contribution is 0.645. The molecule has 1 aromatic carbocycles. The Kier molecular flexibility index (Phi) is 4.19. The molecule has 0 amide bonds. The predicted octanol–water partition coefficient (Wildman–Crippen LogP) is 4.53. The molecule has 1 heterocycles. The van der Waals surface area contributed by atoms with Crippen LogP contribution in [0.15, 0.2) is 30.3 Å². The van der Waals surface area contributed by atoms with Gasteiger partial charge in [0, 0.05) is 22.8 Å². The normalized spacial score (nSPS) is 12.6.